The molecule has 148 valence electrons. The number of carboxylic acid groups (broad SMARTS) is 2. The van der Waals surface area contributed by atoms with Crippen molar-refractivity contribution in [2.45, 2.75) is 32.2 Å². The molecule has 1 saturated heterocycles. The second kappa shape index (κ2) is 8.26. The van der Waals surface area contributed by atoms with Gasteiger partial charge in [0.05, 0.1) is 0 Å². The number of carbonyl (C=O) groups is 2. The van der Waals surface area contributed by atoms with Crippen LogP contribution in [0.15, 0.2) is 29.1 Å². The topological polar surface area (TPSA) is 137 Å². The standard InChI is InChI=1S/C20H23N3O5/c21-17-15(19(25)26)14(16(20(27)28)18(24)22-17)13-8-4-3-7-12(13)11-23-9-5-1-2-6-10-23/h3-4,7-8H,1-2,5-6,9-11H2,(H,25,26)(H,27,28)(H3,21,22,24). The van der Waals surface area contributed by atoms with E-state index in [1.54, 1.807) is 12.1 Å². The summed E-state index contributed by atoms with van der Waals surface area (Å²) in [6.07, 6.45) is 4.52. The number of nitrogens with one attached hydrogen (secondary N) is 1. The molecule has 1 aliphatic rings. The van der Waals surface area contributed by atoms with Gasteiger partial charge in [-0.1, -0.05) is 37.1 Å². The summed E-state index contributed by atoms with van der Waals surface area (Å²) in [5.41, 5.74) is 4.82. The lowest BCUT2D eigenvalue weighted by molar-refractivity contribution is 0.0695. The summed E-state index contributed by atoms with van der Waals surface area (Å²) in [4.78, 5) is 40.3. The highest BCUT2D eigenvalue weighted by Gasteiger charge is 2.28. The molecular formula is C20H23N3O5. The van der Waals surface area contributed by atoms with Crippen molar-refractivity contribution in [3.8, 4) is 11.1 Å². The maximum absolute atomic E-state index is 12.3. The number of aromatic nitrogens is 1. The van der Waals surface area contributed by atoms with Gasteiger partial charge in [0, 0.05) is 12.1 Å². The molecule has 0 amide bonds. The fourth-order valence-electron chi connectivity index (χ4n) is 3.75. The third-order valence-corrected chi connectivity index (χ3v) is 5.05. The van der Waals surface area contributed by atoms with Crippen LogP contribution in [-0.4, -0.2) is 45.1 Å². The zero-order chi connectivity index (χ0) is 20.3. The van der Waals surface area contributed by atoms with Crippen LogP contribution in [0, 0.1) is 0 Å². The van der Waals surface area contributed by atoms with E-state index in [2.05, 4.69) is 9.88 Å². The van der Waals surface area contributed by atoms with Gasteiger partial charge in [0.1, 0.15) is 16.9 Å². The number of nitrogen functional groups attached to an aromatic ring is 1. The molecule has 8 nitrogen and oxygen atoms in total. The molecule has 0 unspecified atom stereocenters. The maximum atomic E-state index is 12.3. The van der Waals surface area contributed by atoms with Crippen molar-refractivity contribution in [2.75, 3.05) is 18.8 Å². The van der Waals surface area contributed by atoms with Gasteiger partial charge in [-0.15, -0.1) is 0 Å². The number of pyridine rings is 1. The lowest BCUT2D eigenvalue weighted by atomic mass is 9.91. The summed E-state index contributed by atoms with van der Waals surface area (Å²) in [6, 6.07) is 6.97. The van der Waals surface area contributed by atoms with Crippen molar-refractivity contribution in [3.05, 3.63) is 51.3 Å². The van der Waals surface area contributed by atoms with Gasteiger partial charge in [-0.3, -0.25) is 9.69 Å². The molecule has 0 atom stereocenters. The number of nitrogens with zero attached hydrogens (tertiary/aromatic N) is 1. The van der Waals surface area contributed by atoms with Crippen molar-refractivity contribution in [1.82, 2.24) is 9.88 Å². The van der Waals surface area contributed by atoms with Crippen LogP contribution in [0.4, 0.5) is 5.82 Å². The number of benzene rings is 1. The van der Waals surface area contributed by atoms with E-state index in [0.29, 0.717) is 12.1 Å². The summed E-state index contributed by atoms with van der Waals surface area (Å²) < 4.78 is 0. The molecule has 1 fully saturated rings. The minimum absolute atomic E-state index is 0.147. The molecule has 1 aromatic carbocycles. The Morgan fingerprint density at radius 1 is 1.00 bits per heavy atom. The van der Waals surface area contributed by atoms with Gasteiger partial charge in [0.2, 0.25) is 0 Å². The first-order chi connectivity index (χ1) is 13.4. The summed E-state index contributed by atoms with van der Waals surface area (Å²) in [6.45, 7) is 2.38. The highest BCUT2D eigenvalue weighted by molar-refractivity contribution is 6.07. The Morgan fingerprint density at radius 2 is 1.61 bits per heavy atom. The second-order valence-electron chi connectivity index (χ2n) is 6.95. The predicted molar refractivity (Wildman–Crippen MR) is 105 cm³/mol. The lowest BCUT2D eigenvalue weighted by Crippen LogP contribution is -2.26. The highest BCUT2D eigenvalue weighted by Crippen LogP contribution is 2.32. The number of rotatable bonds is 5. The average molecular weight is 385 g/mol. The molecule has 2 heterocycles. The van der Waals surface area contributed by atoms with Crippen LogP contribution in [0.25, 0.3) is 11.1 Å². The first-order valence-corrected chi connectivity index (χ1v) is 9.23. The third-order valence-electron chi connectivity index (χ3n) is 5.05. The number of hydrogen-bond donors (Lipinski definition) is 4. The molecule has 28 heavy (non-hydrogen) atoms. The summed E-state index contributed by atoms with van der Waals surface area (Å²) in [5, 5.41) is 19.2. The number of aromatic amines is 1. The van der Waals surface area contributed by atoms with Crippen molar-refractivity contribution < 1.29 is 19.8 Å². The molecule has 0 saturated carbocycles. The van der Waals surface area contributed by atoms with Gasteiger partial charge in [-0.25, -0.2) is 9.59 Å². The number of carboxylic acids is 2. The molecule has 0 radical (unpaired) electrons. The van der Waals surface area contributed by atoms with Crippen LogP contribution in [0.3, 0.4) is 0 Å². The molecule has 1 aromatic heterocycles. The Kier molecular flexibility index (Phi) is 5.79. The second-order valence-corrected chi connectivity index (χ2v) is 6.95. The zero-order valence-electron chi connectivity index (χ0n) is 15.4. The first-order valence-electron chi connectivity index (χ1n) is 9.23. The van der Waals surface area contributed by atoms with Crippen LogP contribution >= 0.6 is 0 Å². The van der Waals surface area contributed by atoms with Crippen LogP contribution in [0.5, 0.6) is 0 Å². The van der Waals surface area contributed by atoms with Crippen molar-refractivity contribution in [2.24, 2.45) is 0 Å². The van der Waals surface area contributed by atoms with E-state index < -0.39 is 28.6 Å². The van der Waals surface area contributed by atoms with Gasteiger partial charge < -0.3 is 20.9 Å². The number of hydrogen-bond acceptors (Lipinski definition) is 5. The molecule has 8 heteroatoms. The van der Waals surface area contributed by atoms with E-state index >= 15 is 0 Å². The average Bonchev–Trinajstić information content (AvgIpc) is 2.89. The summed E-state index contributed by atoms with van der Waals surface area (Å²) in [5.74, 6) is -3.25. The van der Waals surface area contributed by atoms with E-state index in [1.807, 2.05) is 12.1 Å². The molecule has 0 bridgehead atoms. The lowest BCUT2D eigenvalue weighted by Gasteiger charge is -2.22. The number of H-pyrrole nitrogens is 1. The van der Waals surface area contributed by atoms with E-state index in [0.717, 1.165) is 31.5 Å². The van der Waals surface area contributed by atoms with Gasteiger partial charge in [-0.05, 0) is 37.1 Å². The number of anilines is 1. The summed E-state index contributed by atoms with van der Waals surface area (Å²) >= 11 is 0. The minimum atomic E-state index is -1.50. The highest BCUT2D eigenvalue weighted by atomic mass is 16.4. The Labute approximate surface area is 161 Å². The van der Waals surface area contributed by atoms with Crippen molar-refractivity contribution >= 4 is 17.8 Å². The molecule has 0 aliphatic carbocycles. The fourth-order valence-corrected chi connectivity index (χ4v) is 3.75. The third kappa shape index (κ3) is 3.91. The smallest absolute Gasteiger partial charge is 0.342 e. The SMILES string of the molecule is Nc1[nH]c(=O)c(C(=O)O)c(-c2ccccc2CN2CCCCCC2)c1C(=O)O. The number of nitrogens with two attached hydrogens (primary N) is 1. The Bertz CT molecular complexity index is 959. The van der Waals surface area contributed by atoms with Gasteiger partial charge in [0.25, 0.3) is 5.56 Å². The van der Waals surface area contributed by atoms with Gasteiger partial charge >= 0.3 is 11.9 Å². The fraction of sp³-hybridized carbons (Fsp3) is 0.350. The Hall–Kier alpha value is -3.13. The molecule has 0 spiro atoms. The Morgan fingerprint density at radius 3 is 2.21 bits per heavy atom. The van der Waals surface area contributed by atoms with Gasteiger partial charge in [0.15, 0.2) is 0 Å². The van der Waals surface area contributed by atoms with E-state index in [9.17, 15) is 24.6 Å². The van der Waals surface area contributed by atoms with Crippen LogP contribution in [0.2, 0.25) is 0 Å². The van der Waals surface area contributed by atoms with Gasteiger partial charge in [-0.2, -0.15) is 0 Å². The predicted octanol–water partition coefficient (Wildman–Crippen LogP) is 2.40. The van der Waals surface area contributed by atoms with Crippen molar-refractivity contribution in [3.63, 3.8) is 0 Å². The first kappa shape index (κ1) is 19.6. The maximum Gasteiger partial charge on any atom is 0.342 e. The zero-order valence-corrected chi connectivity index (χ0v) is 15.4. The minimum Gasteiger partial charge on any atom is -0.478 e. The van der Waals surface area contributed by atoms with E-state index in [-0.39, 0.29) is 11.4 Å². The summed E-state index contributed by atoms with van der Waals surface area (Å²) in [7, 11) is 0. The normalized spacial score (nSPS) is 15.1. The molecule has 2 aromatic rings. The molecular weight excluding hydrogens is 362 g/mol. The van der Waals surface area contributed by atoms with Crippen LogP contribution in [-0.2, 0) is 6.54 Å². The van der Waals surface area contributed by atoms with E-state index in [4.69, 9.17) is 5.73 Å². The van der Waals surface area contributed by atoms with Crippen LogP contribution < -0.4 is 11.3 Å². The largest absolute Gasteiger partial charge is 0.478 e. The quantitative estimate of drug-likeness (QED) is 0.620. The van der Waals surface area contributed by atoms with Crippen LogP contribution in [0.1, 0.15) is 52.0 Å². The molecule has 5 N–H and O–H groups in total. The number of aromatic carboxylic acids is 2. The Balaban J connectivity index is 2.20. The monoisotopic (exact) mass is 385 g/mol. The van der Waals surface area contributed by atoms with Crippen molar-refractivity contribution in [1.29, 1.82) is 0 Å². The molecule has 3 rings (SSSR count). The van der Waals surface area contributed by atoms with E-state index in [1.165, 1.54) is 12.8 Å². The molecule has 1 aliphatic heterocycles. The number of likely N-dealkylation sites (tertiary alicyclic amines) is 1.